The van der Waals surface area contributed by atoms with Crippen LogP contribution in [-0.4, -0.2) is 43.6 Å². The smallest absolute Gasteiger partial charge is 0.255 e. The highest BCUT2D eigenvalue weighted by Gasteiger charge is 2.34. The van der Waals surface area contributed by atoms with E-state index in [4.69, 9.17) is 0 Å². The van der Waals surface area contributed by atoms with Crippen LogP contribution in [0.5, 0.6) is 0 Å². The summed E-state index contributed by atoms with van der Waals surface area (Å²) in [7, 11) is 0. The van der Waals surface area contributed by atoms with Gasteiger partial charge in [0, 0.05) is 24.7 Å². The molecule has 1 amide bonds. The number of nitrogens with zero attached hydrogens (tertiary/aromatic N) is 5. The number of pyridine rings is 1. The number of amides is 1. The topological polar surface area (TPSA) is 63.9 Å². The standard InChI is InChI=1S/C20H21N5O/c1-20(17-6-3-2-4-7-17)10-5-11-24(13-20)19(26)16-8-9-18(21-12-16)25-14-22-23-15-25/h2-4,6-9,12,14-15H,5,10-11,13H2,1H3. The first-order valence-corrected chi connectivity index (χ1v) is 8.82. The van der Waals surface area contributed by atoms with E-state index < -0.39 is 0 Å². The van der Waals surface area contributed by atoms with Gasteiger partial charge in [-0.2, -0.15) is 0 Å². The van der Waals surface area contributed by atoms with Gasteiger partial charge in [-0.05, 0) is 30.5 Å². The van der Waals surface area contributed by atoms with E-state index in [-0.39, 0.29) is 11.3 Å². The van der Waals surface area contributed by atoms with Crippen molar-refractivity contribution in [1.82, 2.24) is 24.6 Å². The quantitative estimate of drug-likeness (QED) is 0.731. The number of benzene rings is 1. The van der Waals surface area contributed by atoms with Gasteiger partial charge in [0.25, 0.3) is 5.91 Å². The average molecular weight is 347 g/mol. The molecule has 1 aliphatic rings. The number of likely N-dealkylation sites (tertiary alicyclic amines) is 1. The monoisotopic (exact) mass is 347 g/mol. The summed E-state index contributed by atoms with van der Waals surface area (Å²) in [6.07, 6.45) is 6.89. The normalized spacial score (nSPS) is 20.1. The third-order valence-electron chi connectivity index (χ3n) is 5.13. The van der Waals surface area contributed by atoms with Crippen molar-refractivity contribution in [3.63, 3.8) is 0 Å². The second-order valence-electron chi connectivity index (χ2n) is 7.03. The number of hydrogen-bond donors (Lipinski definition) is 0. The molecular weight excluding hydrogens is 326 g/mol. The summed E-state index contributed by atoms with van der Waals surface area (Å²) in [4.78, 5) is 19.3. The summed E-state index contributed by atoms with van der Waals surface area (Å²) >= 11 is 0. The molecule has 1 unspecified atom stereocenters. The predicted octanol–water partition coefficient (Wildman–Crippen LogP) is 2.86. The minimum absolute atomic E-state index is 0.00891. The highest BCUT2D eigenvalue weighted by molar-refractivity contribution is 5.94. The molecule has 1 aromatic carbocycles. The predicted molar refractivity (Wildman–Crippen MR) is 98.1 cm³/mol. The summed E-state index contributed by atoms with van der Waals surface area (Å²) in [5.74, 6) is 0.731. The van der Waals surface area contributed by atoms with Gasteiger partial charge in [-0.3, -0.25) is 9.36 Å². The summed E-state index contributed by atoms with van der Waals surface area (Å²) < 4.78 is 1.71. The SMILES string of the molecule is CC1(c2ccccc2)CCCN(C(=O)c2ccc(-n3cnnc3)nc2)C1. The second-order valence-corrected chi connectivity index (χ2v) is 7.03. The molecule has 1 saturated heterocycles. The average Bonchev–Trinajstić information content (AvgIpc) is 3.23. The summed E-state index contributed by atoms with van der Waals surface area (Å²) in [6, 6.07) is 14.1. The van der Waals surface area contributed by atoms with Crippen molar-refractivity contribution in [3.8, 4) is 5.82 Å². The molecule has 2 aromatic heterocycles. The van der Waals surface area contributed by atoms with Crippen LogP contribution in [0.2, 0.25) is 0 Å². The Balaban J connectivity index is 1.52. The molecule has 4 rings (SSSR count). The van der Waals surface area contributed by atoms with Gasteiger partial charge >= 0.3 is 0 Å². The zero-order valence-corrected chi connectivity index (χ0v) is 14.7. The zero-order chi connectivity index (χ0) is 18.0. The Hall–Kier alpha value is -3.02. The molecule has 3 aromatic rings. The van der Waals surface area contributed by atoms with Gasteiger partial charge in [0.2, 0.25) is 0 Å². The Morgan fingerprint density at radius 2 is 1.85 bits per heavy atom. The Morgan fingerprint density at radius 1 is 1.08 bits per heavy atom. The fourth-order valence-electron chi connectivity index (χ4n) is 3.66. The van der Waals surface area contributed by atoms with Crippen LogP contribution in [0.25, 0.3) is 5.82 Å². The van der Waals surface area contributed by atoms with Gasteiger partial charge in [0.05, 0.1) is 5.56 Å². The fraction of sp³-hybridized carbons (Fsp3) is 0.300. The molecule has 3 heterocycles. The second kappa shape index (κ2) is 6.71. The van der Waals surface area contributed by atoms with Crippen LogP contribution in [0, 0.1) is 0 Å². The number of aromatic nitrogens is 4. The minimum Gasteiger partial charge on any atom is -0.338 e. The van der Waals surface area contributed by atoms with Crippen LogP contribution in [0.4, 0.5) is 0 Å². The van der Waals surface area contributed by atoms with E-state index in [2.05, 4.69) is 46.4 Å². The lowest BCUT2D eigenvalue weighted by atomic mass is 9.76. The molecule has 132 valence electrons. The van der Waals surface area contributed by atoms with Crippen LogP contribution in [-0.2, 0) is 5.41 Å². The number of carbonyl (C=O) groups excluding carboxylic acids is 1. The van der Waals surface area contributed by atoms with Crippen molar-refractivity contribution < 1.29 is 4.79 Å². The molecule has 0 N–H and O–H groups in total. The Kier molecular flexibility index (Phi) is 4.24. The van der Waals surface area contributed by atoms with Gasteiger partial charge in [-0.25, -0.2) is 4.98 Å². The van der Waals surface area contributed by atoms with Gasteiger partial charge in [0.1, 0.15) is 18.5 Å². The van der Waals surface area contributed by atoms with Gasteiger partial charge in [0.15, 0.2) is 0 Å². The maximum absolute atomic E-state index is 13.0. The first-order valence-electron chi connectivity index (χ1n) is 8.82. The molecule has 6 heteroatoms. The summed E-state index contributed by atoms with van der Waals surface area (Å²) in [5, 5.41) is 7.54. The lowest BCUT2D eigenvalue weighted by Crippen LogP contribution is -2.47. The molecule has 26 heavy (non-hydrogen) atoms. The first kappa shape index (κ1) is 16.4. The van der Waals surface area contributed by atoms with Crippen molar-refractivity contribution in [2.45, 2.75) is 25.2 Å². The van der Waals surface area contributed by atoms with Crippen molar-refractivity contribution in [1.29, 1.82) is 0 Å². The Bertz CT molecular complexity index is 876. The molecule has 0 aliphatic carbocycles. The maximum Gasteiger partial charge on any atom is 0.255 e. The number of hydrogen-bond acceptors (Lipinski definition) is 4. The maximum atomic E-state index is 13.0. The largest absolute Gasteiger partial charge is 0.338 e. The Morgan fingerprint density at radius 3 is 2.54 bits per heavy atom. The van der Waals surface area contributed by atoms with Crippen LogP contribution >= 0.6 is 0 Å². The fourth-order valence-corrected chi connectivity index (χ4v) is 3.66. The molecule has 0 spiro atoms. The highest BCUT2D eigenvalue weighted by atomic mass is 16.2. The van der Waals surface area contributed by atoms with Crippen LogP contribution in [0.3, 0.4) is 0 Å². The van der Waals surface area contributed by atoms with E-state index in [0.717, 1.165) is 25.9 Å². The third-order valence-corrected chi connectivity index (χ3v) is 5.13. The van der Waals surface area contributed by atoms with E-state index in [1.165, 1.54) is 5.56 Å². The van der Waals surface area contributed by atoms with Gasteiger partial charge in [-0.15, -0.1) is 10.2 Å². The number of carbonyl (C=O) groups is 1. The van der Waals surface area contributed by atoms with Crippen molar-refractivity contribution in [2.24, 2.45) is 0 Å². The zero-order valence-electron chi connectivity index (χ0n) is 14.7. The van der Waals surface area contributed by atoms with E-state index in [1.54, 1.807) is 23.4 Å². The van der Waals surface area contributed by atoms with Crippen LogP contribution in [0.1, 0.15) is 35.7 Å². The van der Waals surface area contributed by atoms with Crippen LogP contribution in [0.15, 0.2) is 61.3 Å². The van der Waals surface area contributed by atoms with E-state index in [0.29, 0.717) is 11.4 Å². The molecule has 1 atom stereocenters. The van der Waals surface area contributed by atoms with Crippen molar-refractivity contribution in [3.05, 3.63) is 72.4 Å². The molecule has 1 fully saturated rings. The van der Waals surface area contributed by atoms with E-state index in [1.807, 2.05) is 23.1 Å². The lowest BCUT2D eigenvalue weighted by molar-refractivity contribution is 0.0650. The van der Waals surface area contributed by atoms with Gasteiger partial charge < -0.3 is 4.90 Å². The molecular formula is C20H21N5O. The highest BCUT2D eigenvalue weighted by Crippen LogP contribution is 2.34. The molecule has 0 bridgehead atoms. The van der Waals surface area contributed by atoms with E-state index in [9.17, 15) is 4.79 Å². The minimum atomic E-state index is -0.00891. The van der Waals surface area contributed by atoms with Crippen molar-refractivity contribution >= 4 is 5.91 Å². The third kappa shape index (κ3) is 3.10. The summed E-state index contributed by atoms with van der Waals surface area (Å²) in [6.45, 7) is 3.76. The van der Waals surface area contributed by atoms with Crippen LogP contribution < -0.4 is 0 Å². The summed E-state index contributed by atoms with van der Waals surface area (Å²) in [5.41, 5.74) is 1.89. The lowest BCUT2D eigenvalue weighted by Gasteiger charge is -2.41. The molecule has 0 saturated carbocycles. The van der Waals surface area contributed by atoms with Crippen molar-refractivity contribution in [2.75, 3.05) is 13.1 Å². The van der Waals surface area contributed by atoms with Gasteiger partial charge in [-0.1, -0.05) is 37.3 Å². The molecule has 6 nitrogen and oxygen atoms in total. The Labute approximate surface area is 152 Å². The molecule has 0 radical (unpaired) electrons. The first-order chi connectivity index (χ1) is 12.7. The number of rotatable bonds is 3. The number of piperidine rings is 1. The van der Waals surface area contributed by atoms with E-state index >= 15 is 0 Å². The molecule has 1 aliphatic heterocycles.